The van der Waals surface area contributed by atoms with E-state index in [9.17, 15) is 14.0 Å². The van der Waals surface area contributed by atoms with Gasteiger partial charge in [-0.25, -0.2) is 9.18 Å². The highest BCUT2D eigenvalue weighted by molar-refractivity contribution is 6.33. The summed E-state index contributed by atoms with van der Waals surface area (Å²) in [6, 6.07) is 14.1. The number of carbonyl (C=O) groups is 2. The summed E-state index contributed by atoms with van der Waals surface area (Å²) in [5.74, 6) is -0.944. The number of esters is 1. The van der Waals surface area contributed by atoms with E-state index in [1.807, 2.05) is 36.4 Å². The van der Waals surface area contributed by atoms with Gasteiger partial charge in [0.1, 0.15) is 23.4 Å². The second kappa shape index (κ2) is 14.5. The van der Waals surface area contributed by atoms with Crippen LogP contribution in [0.4, 0.5) is 4.39 Å². The van der Waals surface area contributed by atoms with Crippen LogP contribution < -0.4 is 14.8 Å². The zero-order chi connectivity index (χ0) is 28.4. The Morgan fingerprint density at radius 2 is 1.64 bits per heavy atom. The van der Waals surface area contributed by atoms with E-state index >= 15 is 0 Å². The molecule has 1 amide bonds. The summed E-state index contributed by atoms with van der Waals surface area (Å²) in [6.07, 6.45) is 1.05. The minimum atomic E-state index is -1.05. The van der Waals surface area contributed by atoms with E-state index in [0.29, 0.717) is 24.7 Å². The van der Waals surface area contributed by atoms with Gasteiger partial charge in [0.05, 0.1) is 43.6 Å². The Kier molecular flexibility index (Phi) is 11.1. The van der Waals surface area contributed by atoms with E-state index in [2.05, 4.69) is 12.2 Å². The van der Waals surface area contributed by atoms with Crippen molar-refractivity contribution in [2.24, 2.45) is 0 Å². The molecule has 0 aliphatic heterocycles. The first kappa shape index (κ1) is 29.9. The number of hydrogen-bond acceptors (Lipinski definition) is 6. The van der Waals surface area contributed by atoms with Crippen LogP contribution in [0.15, 0.2) is 54.6 Å². The Bertz CT molecular complexity index is 1240. The average Bonchev–Trinajstić information content (AvgIpc) is 2.92. The summed E-state index contributed by atoms with van der Waals surface area (Å²) < 4.78 is 36.4. The maximum absolute atomic E-state index is 14.3. The Balaban J connectivity index is 1.85. The monoisotopic (exact) mass is 557 g/mol. The topological polar surface area (TPSA) is 83.1 Å². The van der Waals surface area contributed by atoms with Gasteiger partial charge >= 0.3 is 5.97 Å². The molecule has 0 aromatic heterocycles. The second-order valence-electron chi connectivity index (χ2n) is 8.70. The Labute approximate surface area is 233 Å². The second-order valence-corrected chi connectivity index (χ2v) is 9.11. The number of nitrogens with one attached hydrogen (secondary N) is 1. The minimum absolute atomic E-state index is 0.0506. The molecule has 0 saturated heterocycles. The Hall–Kier alpha value is -3.62. The summed E-state index contributed by atoms with van der Waals surface area (Å²) >= 11 is 6.03. The number of hydrogen-bond donors (Lipinski definition) is 1. The molecule has 0 heterocycles. The highest BCUT2D eigenvalue weighted by Crippen LogP contribution is 2.40. The molecule has 0 unspecified atom stereocenters. The zero-order valence-corrected chi connectivity index (χ0v) is 23.3. The van der Waals surface area contributed by atoms with E-state index in [-0.39, 0.29) is 23.6 Å². The predicted molar refractivity (Wildman–Crippen MR) is 148 cm³/mol. The van der Waals surface area contributed by atoms with Gasteiger partial charge in [-0.15, -0.1) is 0 Å². The molecule has 0 radical (unpaired) electrons. The van der Waals surface area contributed by atoms with Gasteiger partial charge in [-0.2, -0.15) is 0 Å². The summed E-state index contributed by atoms with van der Waals surface area (Å²) in [7, 11) is 3.19. The fourth-order valence-corrected chi connectivity index (χ4v) is 4.34. The minimum Gasteiger partial charge on any atom is -0.496 e. The van der Waals surface area contributed by atoms with Crippen molar-refractivity contribution < 1.29 is 32.9 Å². The number of carbonyl (C=O) groups excluding carboxylic acids is 2. The first-order valence-electron chi connectivity index (χ1n) is 12.7. The molecular weight excluding hydrogens is 525 g/mol. The van der Waals surface area contributed by atoms with Gasteiger partial charge in [-0.3, -0.25) is 4.79 Å². The molecule has 7 nitrogen and oxygen atoms in total. The van der Waals surface area contributed by atoms with Gasteiger partial charge < -0.3 is 24.3 Å². The van der Waals surface area contributed by atoms with Crippen LogP contribution in [-0.2, 0) is 27.3 Å². The molecular formula is C30H33ClFNO6. The quantitative estimate of drug-likeness (QED) is 0.205. The molecule has 0 spiro atoms. The number of amides is 1. The van der Waals surface area contributed by atoms with Crippen molar-refractivity contribution in [3.63, 3.8) is 0 Å². The van der Waals surface area contributed by atoms with Crippen molar-refractivity contribution in [3.8, 4) is 22.6 Å². The van der Waals surface area contributed by atoms with Crippen LogP contribution in [0.1, 0.15) is 41.8 Å². The third kappa shape index (κ3) is 7.71. The molecule has 39 heavy (non-hydrogen) atoms. The van der Waals surface area contributed by atoms with Crippen LogP contribution in [-0.4, -0.2) is 45.4 Å². The van der Waals surface area contributed by atoms with E-state index in [4.69, 9.17) is 30.5 Å². The predicted octanol–water partition coefficient (Wildman–Crippen LogP) is 5.99. The molecule has 3 rings (SSSR count). The normalized spacial score (nSPS) is 11.5. The van der Waals surface area contributed by atoms with Crippen molar-refractivity contribution in [3.05, 3.63) is 82.1 Å². The van der Waals surface area contributed by atoms with Crippen molar-refractivity contribution in [2.75, 3.05) is 27.4 Å². The summed E-state index contributed by atoms with van der Waals surface area (Å²) in [6.45, 7) is 4.95. The molecule has 1 N–H and O–H groups in total. The molecule has 9 heteroatoms. The van der Waals surface area contributed by atoms with Crippen molar-refractivity contribution >= 4 is 23.5 Å². The highest BCUT2D eigenvalue weighted by Gasteiger charge is 2.26. The number of ether oxygens (including phenoxy) is 4. The van der Waals surface area contributed by atoms with Crippen LogP contribution in [0.2, 0.25) is 5.02 Å². The van der Waals surface area contributed by atoms with Gasteiger partial charge in [-0.1, -0.05) is 48.9 Å². The molecule has 3 aromatic carbocycles. The van der Waals surface area contributed by atoms with E-state index in [1.165, 1.54) is 12.1 Å². The Morgan fingerprint density at radius 1 is 0.974 bits per heavy atom. The third-order valence-electron chi connectivity index (χ3n) is 5.93. The van der Waals surface area contributed by atoms with Gasteiger partial charge in [0.25, 0.3) is 5.91 Å². The standard InChI is InChI=1S/C30H33ClFNO6/c1-5-14-38-18-20-16-25(36-3)27(26(17-20)37-4)21-12-10-19(11-13-21)15-24(30(35)39-6-2)33-29(34)28-22(31)8-7-9-23(28)32/h7-13,16-17,24H,5-6,14-15,18H2,1-4H3,(H,33,34)/t24-/m0/s1. The van der Waals surface area contributed by atoms with Crippen molar-refractivity contribution in [1.82, 2.24) is 5.32 Å². The Morgan fingerprint density at radius 3 is 2.21 bits per heavy atom. The number of halogens is 2. The highest BCUT2D eigenvalue weighted by atomic mass is 35.5. The molecule has 208 valence electrons. The van der Waals surface area contributed by atoms with E-state index in [0.717, 1.165) is 34.7 Å². The lowest BCUT2D eigenvalue weighted by molar-refractivity contribution is -0.145. The van der Waals surface area contributed by atoms with E-state index in [1.54, 1.807) is 21.1 Å². The van der Waals surface area contributed by atoms with Crippen LogP contribution in [0.5, 0.6) is 11.5 Å². The first-order valence-corrected chi connectivity index (χ1v) is 13.0. The van der Waals surface area contributed by atoms with Crippen LogP contribution in [0.3, 0.4) is 0 Å². The molecule has 0 aliphatic carbocycles. The number of rotatable bonds is 13. The molecule has 0 fully saturated rings. The lowest BCUT2D eigenvalue weighted by Crippen LogP contribution is -2.43. The largest absolute Gasteiger partial charge is 0.496 e. The SMILES string of the molecule is CCCOCc1cc(OC)c(-c2ccc(C[C@H](NC(=O)c3c(F)cccc3Cl)C(=O)OCC)cc2)c(OC)c1. The molecule has 0 bridgehead atoms. The fourth-order valence-electron chi connectivity index (χ4n) is 4.09. The molecule has 3 aromatic rings. The fraction of sp³-hybridized carbons (Fsp3) is 0.333. The molecule has 1 atom stereocenters. The van der Waals surface area contributed by atoms with Crippen molar-refractivity contribution in [2.45, 2.75) is 39.3 Å². The van der Waals surface area contributed by atoms with Crippen LogP contribution in [0, 0.1) is 5.82 Å². The lowest BCUT2D eigenvalue weighted by Gasteiger charge is -2.19. The lowest BCUT2D eigenvalue weighted by atomic mass is 9.98. The van der Waals surface area contributed by atoms with Gasteiger partial charge in [0.15, 0.2) is 0 Å². The molecule has 0 aliphatic rings. The van der Waals surface area contributed by atoms with Gasteiger partial charge in [-0.05, 0) is 54.3 Å². The van der Waals surface area contributed by atoms with Gasteiger partial charge in [0.2, 0.25) is 0 Å². The first-order chi connectivity index (χ1) is 18.8. The summed E-state index contributed by atoms with van der Waals surface area (Å²) in [5, 5.41) is 2.52. The van der Waals surface area contributed by atoms with Gasteiger partial charge in [0, 0.05) is 13.0 Å². The summed E-state index contributed by atoms with van der Waals surface area (Å²) in [4.78, 5) is 25.5. The number of benzene rings is 3. The third-order valence-corrected chi connectivity index (χ3v) is 6.25. The maximum atomic E-state index is 14.3. The van der Waals surface area contributed by atoms with Crippen LogP contribution in [0.25, 0.3) is 11.1 Å². The summed E-state index contributed by atoms with van der Waals surface area (Å²) in [5.41, 5.74) is 2.96. The number of methoxy groups -OCH3 is 2. The smallest absolute Gasteiger partial charge is 0.328 e. The average molecular weight is 558 g/mol. The maximum Gasteiger partial charge on any atom is 0.328 e. The molecule has 0 saturated carbocycles. The van der Waals surface area contributed by atoms with E-state index < -0.39 is 23.7 Å². The van der Waals surface area contributed by atoms with Crippen molar-refractivity contribution in [1.29, 1.82) is 0 Å². The zero-order valence-electron chi connectivity index (χ0n) is 22.5. The van der Waals surface area contributed by atoms with Crippen LogP contribution >= 0.6 is 11.6 Å².